The average Bonchev–Trinajstić information content (AvgIpc) is 3.39. The van der Waals surface area contributed by atoms with E-state index in [0.29, 0.717) is 19.5 Å². The number of nitrogens with one attached hydrogen (secondary N) is 1. The zero-order valence-electron chi connectivity index (χ0n) is 16.5. The summed E-state index contributed by atoms with van der Waals surface area (Å²) in [4.78, 5) is 14.7. The zero-order chi connectivity index (χ0) is 20.3. The quantitative estimate of drug-likeness (QED) is 0.754. The van der Waals surface area contributed by atoms with Gasteiger partial charge in [0, 0.05) is 31.7 Å². The highest BCUT2D eigenvalue weighted by Gasteiger charge is 2.25. The lowest BCUT2D eigenvalue weighted by atomic mass is 10.1. The van der Waals surface area contributed by atoms with Crippen LogP contribution >= 0.6 is 0 Å². The maximum Gasteiger partial charge on any atom is 0.224 e. The van der Waals surface area contributed by atoms with Crippen LogP contribution in [0.5, 0.6) is 0 Å². The van der Waals surface area contributed by atoms with E-state index in [1.54, 1.807) is 4.31 Å². The third kappa shape index (κ3) is 4.46. The fourth-order valence-electron chi connectivity index (χ4n) is 4.13. The number of nitrogens with zero attached hydrogens (tertiary/aromatic N) is 2. The molecule has 1 fully saturated rings. The Labute approximate surface area is 172 Å². The molecule has 0 saturated carbocycles. The van der Waals surface area contributed by atoms with Crippen LogP contribution in [0, 0.1) is 0 Å². The highest BCUT2D eigenvalue weighted by Crippen LogP contribution is 2.38. The predicted octanol–water partition coefficient (Wildman–Crippen LogP) is 3.53. The molecule has 2 heterocycles. The van der Waals surface area contributed by atoms with E-state index >= 15 is 0 Å². The van der Waals surface area contributed by atoms with Crippen LogP contribution in [0.1, 0.15) is 31.2 Å². The molecule has 29 heavy (non-hydrogen) atoms. The summed E-state index contributed by atoms with van der Waals surface area (Å²) < 4.78 is 26.2. The van der Waals surface area contributed by atoms with Gasteiger partial charge in [0.15, 0.2) is 0 Å². The van der Waals surface area contributed by atoms with Crippen LogP contribution in [0.2, 0.25) is 0 Å². The van der Waals surface area contributed by atoms with E-state index in [1.165, 1.54) is 11.3 Å². The van der Waals surface area contributed by atoms with Crippen LogP contribution < -0.4 is 10.2 Å². The van der Waals surface area contributed by atoms with E-state index < -0.39 is 10.0 Å². The summed E-state index contributed by atoms with van der Waals surface area (Å²) in [7, 11) is -3.24. The normalized spacial score (nSPS) is 16.8. The predicted molar refractivity (Wildman–Crippen MR) is 116 cm³/mol. The lowest BCUT2D eigenvalue weighted by molar-refractivity contribution is -0.116. The number of sulfonamides is 1. The van der Waals surface area contributed by atoms with Crippen LogP contribution in [0.3, 0.4) is 0 Å². The van der Waals surface area contributed by atoms with E-state index in [-0.39, 0.29) is 18.1 Å². The molecule has 2 aliphatic rings. The van der Waals surface area contributed by atoms with Crippen molar-refractivity contribution in [1.82, 2.24) is 4.31 Å². The number of para-hydroxylation sites is 3. The first kappa shape index (κ1) is 19.9. The van der Waals surface area contributed by atoms with E-state index in [0.717, 1.165) is 37.2 Å². The van der Waals surface area contributed by atoms with Crippen molar-refractivity contribution in [2.45, 2.75) is 32.1 Å². The first-order valence-corrected chi connectivity index (χ1v) is 11.9. The van der Waals surface area contributed by atoms with Crippen molar-refractivity contribution in [3.8, 4) is 0 Å². The van der Waals surface area contributed by atoms with Gasteiger partial charge >= 0.3 is 0 Å². The Bertz CT molecular complexity index is 984. The van der Waals surface area contributed by atoms with Crippen LogP contribution in [0.15, 0.2) is 48.5 Å². The minimum absolute atomic E-state index is 0.0293. The Morgan fingerprint density at radius 3 is 2.41 bits per heavy atom. The fraction of sp³-hybridized carbons (Fsp3) is 0.409. The van der Waals surface area contributed by atoms with Gasteiger partial charge in [-0.15, -0.1) is 0 Å². The Hall–Kier alpha value is -2.38. The smallest absolute Gasteiger partial charge is 0.224 e. The SMILES string of the molecule is O=C(CCCS(=O)(=O)N1CCCC1)Nc1ccccc1N1CCc2ccccc21. The summed E-state index contributed by atoms with van der Waals surface area (Å²) in [6.45, 7) is 2.10. The van der Waals surface area contributed by atoms with Crippen molar-refractivity contribution in [2.75, 3.05) is 35.6 Å². The molecule has 0 aromatic heterocycles. The number of anilines is 3. The average molecular weight is 414 g/mol. The van der Waals surface area contributed by atoms with Gasteiger partial charge in [-0.2, -0.15) is 0 Å². The van der Waals surface area contributed by atoms with Gasteiger partial charge in [-0.3, -0.25) is 4.79 Å². The van der Waals surface area contributed by atoms with Crippen LogP contribution in [0.25, 0.3) is 0 Å². The molecule has 2 aliphatic heterocycles. The molecule has 1 amide bonds. The second-order valence-corrected chi connectivity index (χ2v) is 9.71. The topological polar surface area (TPSA) is 69.7 Å². The summed E-state index contributed by atoms with van der Waals surface area (Å²) >= 11 is 0. The van der Waals surface area contributed by atoms with Gasteiger partial charge in [0.1, 0.15) is 0 Å². The van der Waals surface area contributed by atoms with Crippen molar-refractivity contribution in [3.05, 3.63) is 54.1 Å². The number of carbonyl (C=O) groups is 1. The minimum atomic E-state index is -3.24. The highest BCUT2D eigenvalue weighted by atomic mass is 32.2. The summed E-state index contributed by atoms with van der Waals surface area (Å²) in [6.07, 6.45) is 3.36. The molecule has 0 unspecified atom stereocenters. The molecular weight excluding hydrogens is 386 g/mol. The van der Waals surface area contributed by atoms with Gasteiger partial charge in [0.25, 0.3) is 0 Å². The lowest BCUT2D eigenvalue weighted by Crippen LogP contribution is -2.30. The first-order valence-electron chi connectivity index (χ1n) is 10.3. The maximum atomic E-state index is 12.5. The molecule has 0 bridgehead atoms. The lowest BCUT2D eigenvalue weighted by Gasteiger charge is -2.23. The zero-order valence-corrected chi connectivity index (χ0v) is 17.3. The number of fused-ring (bicyclic) bond motifs is 1. The van der Waals surface area contributed by atoms with Gasteiger partial charge in [-0.05, 0) is 49.4 Å². The number of amides is 1. The van der Waals surface area contributed by atoms with E-state index in [1.807, 2.05) is 36.4 Å². The molecule has 0 spiro atoms. The van der Waals surface area contributed by atoms with Crippen molar-refractivity contribution < 1.29 is 13.2 Å². The molecule has 6 nitrogen and oxygen atoms in total. The molecule has 2 aromatic rings. The Balaban J connectivity index is 1.38. The van der Waals surface area contributed by atoms with E-state index in [4.69, 9.17) is 0 Å². The van der Waals surface area contributed by atoms with Gasteiger partial charge in [0.05, 0.1) is 17.1 Å². The van der Waals surface area contributed by atoms with Gasteiger partial charge in [0.2, 0.25) is 15.9 Å². The van der Waals surface area contributed by atoms with E-state index in [9.17, 15) is 13.2 Å². The number of hydrogen-bond acceptors (Lipinski definition) is 4. The Morgan fingerprint density at radius 1 is 0.931 bits per heavy atom. The van der Waals surface area contributed by atoms with E-state index in [2.05, 4.69) is 22.3 Å². The molecule has 1 N–H and O–H groups in total. The largest absolute Gasteiger partial charge is 0.339 e. The van der Waals surface area contributed by atoms with Crippen molar-refractivity contribution >= 4 is 33.0 Å². The highest BCUT2D eigenvalue weighted by molar-refractivity contribution is 7.89. The van der Waals surface area contributed by atoms with Crippen LogP contribution in [-0.2, 0) is 21.2 Å². The third-order valence-electron chi connectivity index (χ3n) is 5.62. The number of rotatable bonds is 7. The third-order valence-corrected chi connectivity index (χ3v) is 7.58. The molecule has 2 aromatic carbocycles. The molecular formula is C22H27N3O3S. The Morgan fingerprint density at radius 2 is 1.62 bits per heavy atom. The summed E-state index contributed by atoms with van der Waals surface area (Å²) in [5, 5.41) is 2.98. The second kappa shape index (κ2) is 8.55. The summed E-state index contributed by atoms with van der Waals surface area (Å²) in [5.74, 6) is -0.122. The van der Waals surface area contributed by atoms with Crippen molar-refractivity contribution in [3.63, 3.8) is 0 Å². The second-order valence-electron chi connectivity index (χ2n) is 7.62. The summed E-state index contributed by atoms with van der Waals surface area (Å²) in [6, 6.07) is 16.1. The molecule has 0 atom stereocenters. The van der Waals surface area contributed by atoms with Gasteiger partial charge in [-0.1, -0.05) is 30.3 Å². The Kier molecular flexibility index (Phi) is 5.87. The van der Waals surface area contributed by atoms with Crippen LogP contribution in [-0.4, -0.2) is 44.0 Å². The molecule has 1 saturated heterocycles. The van der Waals surface area contributed by atoms with Gasteiger partial charge < -0.3 is 10.2 Å². The molecule has 7 heteroatoms. The first-order chi connectivity index (χ1) is 14.0. The fourth-order valence-corrected chi connectivity index (χ4v) is 5.71. The number of hydrogen-bond donors (Lipinski definition) is 1. The number of benzene rings is 2. The van der Waals surface area contributed by atoms with Gasteiger partial charge in [-0.25, -0.2) is 12.7 Å². The maximum absolute atomic E-state index is 12.5. The molecule has 0 aliphatic carbocycles. The minimum Gasteiger partial charge on any atom is -0.339 e. The summed E-state index contributed by atoms with van der Waals surface area (Å²) in [5.41, 5.74) is 4.21. The van der Waals surface area contributed by atoms with Crippen molar-refractivity contribution in [1.29, 1.82) is 0 Å². The molecule has 0 radical (unpaired) electrons. The standard InChI is InChI=1S/C22H27N3O3S/c26-22(12-7-17-29(27,28)24-14-5-6-15-24)23-19-9-2-4-11-21(19)25-16-13-18-8-1-3-10-20(18)25/h1-4,8-11H,5-7,12-17H2,(H,23,26). The van der Waals surface area contributed by atoms with Crippen LogP contribution in [0.4, 0.5) is 17.1 Å². The number of carbonyl (C=O) groups excluding carboxylic acids is 1. The monoisotopic (exact) mass is 413 g/mol. The van der Waals surface area contributed by atoms with Crippen molar-refractivity contribution in [2.24, 2.45) is 0 Å². The molecule has 4 rings (SSSR count). The molecule has 154 valence electrons.